The first-order valence-corrected chi connectivity index (χ1v) is 7.38. The molecule has 0 fully saturated rings. The second-order valence-corrected chi connectivity index (χ2v) is 5.29. The number of aromatic nitrogens is 3. The third-order valence-corrected chi connectivity index (χ3v) is 3.55. The largest absolute Gasteiger partial charge is 0.410 e. The van der Waals surface area contributed by atoms with Crippen molar-refractivity contribution in [1.82, 2.24) is 15.0 Å². The molecule has 3 aromatic rings. The molecule has 142 valence electrons. The van der Waals surface area contributed by atoms with Gasteiger partial charge in [-0.05, 0) is 12.1 Å². The van der Waals surface area contributed by atoms with Crippen molar-refractivity contribution >= 4 is 34.1 Å². The molecule has 2 aromatic carbocycles. The molecule has 3 rings (SSSR count). The van der Waals surface area contributed by atoms with Crippen molar-refractivity contribution in [2.45, 2.75) is 6.54 Å². The molecule has 0 amide bonds. The third kappa shape index (κ3) is 3.41. The Bertz CT molecular complexity index is 1100. The van der Waals surface area contributed by atoms with Crippen LogP contribution in [0.15, 0.2) is 36.4 Å². The van der Waals surface area contributed by atoms with Gasteiger partial charge in [0.1, 0.15) is 12.1 Å². The molecule has 1 aromatic heterocycles. The maximum absolute atomic E-state index is 12.2. The summed E-state index contributed by atoms with van der Waals surface area (Å²) in [6.45, 7) is -0.550. The summed E-state index contributed by atoms with van der Waals surface area (Å²) in [5.41, 5.74) is -2.12. The zero-order valence-corrected chi connectivity index (χ0v) is 13.6. The van der Waals surface area contributed by atoms with Crippen LogP contribution in [0, 0.1) is 30.3 Å². The lowest BCUT2D eigenvalue weighted by atomic mass is 10.2. The standard InChI is InChI=1S/C14H8N6O8/c21-13(7-17-10-4-2-1-3-9(10)15-16-17)28-14-11(19(24)25)5-8(18(22)23)6-12(14)20(26)27/h1-6H,7H2. The molecule has 0 spiro atoms. The fraction of sp³-hybridized carbons (Fsp3) is 0.0714. The van der Waals surface area contributed by atoms with Gasteiger partial charge >= 0.3 is 17.3 Å². The van der Waals surface area contributed by atoms with Crippen molar-refractivity contribution in [1.29, 1.82) is 0 Å². The smallest absolute Gasteiger partial charge is 0.333 e. The van der Waals surface area contributed by atoms with Crippen LogP contribution in [0.3, 0.4) is 0 Å². The predicted molar refractivity (Wildman–Crippen MR) is 89.6 cm³/mol. The van der Waals surface area contributed by atoms with E-state index in [-0.39, 0.29) is 0 Å². The molecule has 1 heterocycles. The van der Waals surface area contributed by atoms with Gasteiger partial charge in [0.25, 0.3) is 11.4 Å². The average Bonchev–Trinajstić information content (AvgIpc) is 3.04. The quantitative estimate of drug-likeness (QED) is 0.260. The summed E-state index contributed by atoms with van der Waals surface area (Å²) < 4.78 is 5.96. The predicted octanol–water partition coefficient (Wildman–Crippen LogP) is 1.76. The summed E-state index contributed by atoms with van der Waals surface area (Å²) in [5, 5.41) is 40.8. The topological polar surface area (TPSA) is 186 Å². The first-order chi connectivity index (χ1) is 13.3. The highest BCUT2D eigenvalue weighted by Crippen LogP contribution is 2.40. The normalized spacial score (nSPS) is 10.6. The van der Waals surface area contributed by atoms with Crippen LogP contribution in [-0.4, -0.2) is 35.7 Å². The van der Waals surface area contributed by atoms with E-state index >= 15 is 0 Å². The molecule has 0 aliphatic rings. The molecule has 0 aliphatic heterocycles. The number of carbonyl (C=O) groups is 1. The molecule has 0 atom stereocenters. The van der Waals surface area contributed by atoms with Gasteiger partial charge in [0.15, 0.2) is 0 Å². The van der Waals surface area contributed by atoms with Crippen molar-refractivity contribution in [2.24, 2.45) is 0 Å². The zero-order chi connectivity index (χ0) is 20.4. The van der Waals surface area contributed by atoms with E-state index in [4.69, 9.17) is 4.74 Å². The Morgan fingerprint density at radius 2 is 1.61 bits per heavy atom. The van der Waals surface area contributed by atoms with E-state index in [1.54, 1.807) is 24.3 Å². The Kier molecular flexibility index (Phi) is 4.59. The lowest BCUT2D eigenvalue weighted by Gasteiger charge is -2.06. The minimum Gasteiger partial charge on any atom is -0.410 e. The highest BCUT2D eigenvalue weighted by Gasteiger charge is 2.33. The number of hydrogen-bond acceptors (Lipinski definition) is 10. The van der Waals surface area contributed by atoms with Crippen LogP contribution in [0.25, 0.3) is 11.0 Å². The van der Waals surface area contributed by atoms with Crippen LogP contribution in [0.2, 0.25) is 0 Å². The summed E-state index contributed by atoms with van der Waals surface area (Å²) in [6, 6.07) is 7.55. The summed E-state index contributed by atoms with van der Waals surface area (Å²) >= 11 is 0. The van der Waals surface area contributed by atoms with Gasteiger partial charge < -0.3 is 4.74 Å². The number of non-ortho nitro benzene ring substituents is 1. The first-order valence-electron chi connectivity index (χ1n) is 7.38. The molecular weight excluding hydrogens is 380 g/mol. The van der Waals surface area contributed by atoms with Crippen LogP contribution >= 0.6 is 0 Å². The molecular formula is C14H8N6O8. The number of nitrogens with zero attached hydrogens (tertiary/aromatic N) is 6. The average molecular weight is 388 g/mol. The Labute approximate surface area is 153 Å². The molecule has 28 heavy (non-hydrogen) atoms. The van der Waals surface area contributed by atoms with Gasteiger partial charge in [0, 0.05) is 0 Å². The van der Waals surface area contributed by atoms with Crippen molar-refractivity contribution in [3.8, 4) is 5.75 Å². The maximum Gasteiger partial charge on any atom is 0.333 e. The highest BCUT2D eigenvalue weighted by atomic mass is 16.6. The number of nitro benzene ring substituents is 3. The number of nitro groups is 3. The van der Waals surface area contributed by atoms with Crippen LogP contribution in [0.1, 0.15) is 0 Å². The number of hydrogen-bond donors (Lipinski definition) is 0. The summed E-state index contributed by atoms with van der Waals surface area (Å²) in [4.78, 5) is 42.2. The van der Waals surface area contributed by atoms with Gasteiger partial charge in [-0.2, -0.15) is 0 Å². The van der Waals surface area contributed by atoms with Gasteiger partial charge in [0.2, 0.25) is 0 Å². The van der Waals surface area contributed by atoms with Crippen LogP contribution in [-0.2, 0) is 11.3 Å². The Morgan fingerprint density at radius 3 is 2.18 bits per heavy atom. The molecule has 0 unspecified atom stereocenters. The lowest BCUT2D eigenvalue weighted by Crippen LogP contribution is -2.18. The molecule has 0 bridgehead atoms. The molecule has 0 saturated carbocycles. The number of carbonyl (C=O) groups excluding carboxylic acids is 1. The zero-order valence-electron chi connectivity index (χ0n) is 13.6. The van der Waals surface area contributed by atoms with Crippen molar-refractivity contribution < 1.29 is 24.3 Å². The van der Waals surface area contributed by atoms with Crippen LogP contribution in [0.4, 0.5) is 17.1 Å². The number of fused-ring (bicyclic) bond motifs is 1. The van der Waals surface area contributed by atoms with Crippen molar-refractivity contribution in [3.05, 3.63) is 66.7 Å². The number of rotatable bonds is 6. The summed E-state index contributed by atoms with van der Waals surface area (Å²) in [6.07, 6.45) is 0. The van der Waals surface area contributed by atoms with Gasteiger partial charge in [-0.1, -0.05) is 17.3 Å². The van der Waals surface area contributed by atoms with E-state index in [0.717, 1.165) is 4.68 Å². The van der Waals surface area contributed by atoms with Gasteiger partial charge in [-0.25, -0.2) is 9.48 Å². The molecule has 14 heteroatoms. The van der Waals surface area contributed by atoms with E-state index in [0.29, 0.717) is 23.2 Å². The monoisotopic (exact) mass is 388 g/mol. The molecule has 0 radical (unpaired) electrons. The minimum atomic E-state index is -1.12. The Balaban J connectivity index is 1.98. The second kappa shape index (κ2) is 7.02. The SMILES string of the molecule is O=C(Cn1nnc2ccccc21)Oc1c([N+](=O)[O-])cc([N+](=O)[O-])cc1[N+](=O)[O-]. The number of ether oxygens (including phenoxy) is 1. The maximum atomic E-state index is 12.2. The van der Waals surface area contributed by atoms with Gasteiger partial charge in [0.05, 0.1) is 32.4 Å². The van der Waals surface area contributed by atoms with Crippen LogP contribution < -0.4 is 4.74 Å². The van der Waals surface area contributed by atoms with E-state index < -0.39 is 50.1 Å². The molecule has 0 saturated heterocycles. The lowest BCUT2D eigenvalue weighted by molar-refractivity contribution is -0.404. The highest BCUT2D eigenvalue weighted by molar-refractivity contribution is 5.80. The Morgan fingerprint density at radius 1 is 1.00 bits per heavy atom. The van der Waals surface area contributed by atoms with E-state index in [1.165, 1.54) is 0 Å². The van der Waals surface area contributed by atoms with Gasteiger partial charge in [-0.3, -0.25) is 30.3 Å². The third-order valence-electron chi connectivity index (χ3n) is 3.55. The number of benzene rings is 2. The first kappa shape index (κ1) is 18.3. The second-order valence-electron chi connectivity index (χ2n) is 5.29. The summed E-state index contributed by atoms with van der Waals surface area (Å²) in [7, 11) is 0. The van der Waals surface area contributed by atoms with E-state index in [9.17, 15) is 35.1 Å². The fourth-order valence-corrected chi connectivity index (χ4v) is 2.37. The number of esters is 1. The summed E-state index contributed by atoms with van der Waals surface area (Å²) in [5.74, 6) is -2.12. The van der Waals surface area contributed by atoms with E-state index in [1.807, 2.05) is 0 Å². The number of para-hydroxylation sites is 1. The van der Waals surface area contributed by atoms with Crippen molar-refractivity contribution in [3.63, 3.8) is 0 Å². The fourth-order valence-electron chi connectivity index (χ4n) is 2.37. The van der Waals surface area contributed by atoms with Crippen LogP contribution in [0.5, 0.6) is 5.75 Å². The Hall–Kier alpha value is -4.49. The molecule has 0 N–H and O–H groups in total. The molecule has 14 nitrogen and oxygen atoms in total. The van der Waals surface area contributed by atoms with Gasteiger partial charge in [-0.15, -0.1) is 5.10 Å². The van der Waals surface area contributed by atoms with E-state index in [2.05, 4.69) is 10.3 Å². The van der Waals surface area contributed by atoms with Crippen molar-refractivity contribution in [2.75, 3.05) is 0 Å². The minimum absolute atomic E-state index is 0.465. The molecule has 0 aliphatic carbocycles.